The molecule has 0 aromatic heterocycles. The number of hydrogen-bond acceptors (Lipinski definition) is 2. The summed E-state index contributed by atoms with van der Waals surface area (Å²) in [5.41, 5.74) is 1.08. The maximum atomic E-state index is 12.8. The van der Waals surface area contributed by atoms with Crippen molar-refractivity contribution in [3.63, 3.8) is 0 Å². The van der Waals surface area contributed by atoms with Crippen molar-refractivity contribution < 1.29 is 18.0 Å². The molecule has 3 rings (SSSR count). The third kappa shape index (κ3) is 1.91. The fraction of sp³-hybridized carbons (Fsp3) is 0.533. The van der Waals surface area contributed by atoms with Crippen molar-refractivity contribution in [1.82, 2.24) is 0 Å². The largest absolute Gasteiger partial charge is 0.405 e. The predicted molar refractivity (Wildman–Crippen MR) is 69.8 cm³/mol. The summed E-state index contributed by atoms with van der Waals surface area (Å²) in [7, 11) is 0. The van der Waals surface area contributed by atoms with Gasteiger partial charge in [-0.15, -0.1) is 0 Å². The lowest BCUT2D eigenvalue weighted by Gasteiger charge is -2.33. The van der Waals surface area contributed by atoms with Crippen LogP contribution in [0.5, 0.6) is 0 Å². The summed E-state index contributed by atoms with van der Waals surface area (Å²) in [5, 5.41) is 0. The highest BCUT2D eigenvalue weighted by Gasteiger charge is 2.53. The van der Waals surface area contributed by atoms with E-state index in [9.17, 15) is 18.0 Å². The van der Waals surface area contributed by atoms with Crippen LogP contribution in [0, 0.1) is 0 Å². The van der Waals surface area contributed by atoms with Crippen molar-refractivity contribution in [2.75, 3.05) is 11.4 Å². The molecule has 1 heterocycles. The second-order valence-corrected chi connectivity index (χ2v) is 5.70. The summed E-state index contributed by atoms with van der Waals surface area (Å²) in [6.45, 7) is -1.06. The lowest BCUT2D eigenvalue weighted by Crippen LogP contribution is -2.48. The van der Waals surface area contributed by atoms with Gasteiger partial charge in [-0.1, -0.05) is 31.0 Å². The van der Waals surface area contributed by atoms with E-state index in [1.54, 1.807) is 12.1 Å². The van der Waals surface area contributed by atoms with Crippen molar-refractivity contribution in [3.8, 4) is 0 Å². The van der Waals surface area contributed by atoms with E-state index in [1.165, 1.54) is 4.90 Å². The molecule has 0 radical (unpaired) electrons. The highest BCUT2D eigenvalue weighted by atomic mass is 19.4. The molecular weight excluding hydrogens is 267 g/mol. The molecule has 5 heteroatoms. The number of carbonyl (C=O) groups is 1. The first-order chi connectivity index (χ1) is 9.48. The van der Waals surface area contributed by atoms with Crippen LogP contribution in [0.3, 0.4) is 0 Å². The van der Waals surface area contributed by atoms with Gasteiger partial charge in [-0.25, -0.2) is 0 Å². The van der Waals surface area contributed by atoms with E-state index >= 15 is 0 Å². The zero-order valence-electron chi connectivity index (χ0n) is 11.0. The topological polar surface area (TPSA) is 20.3 Å². The Morgan fingerprint density at radius 1 is 1.25 bits per heavy atom. The predicted octanol–water partition coefficient (Wildman–Crippen LogP) is 3.45. The Kier molecular flexibility index (Phi) is 3.03. The van der Waals surface area contributed by atoms with Gasteiger partial charge in [-0.05, 0) is 24.5 Å². The van der Waals surface area contributed by atoms with Crippen LogP contribution in [0.25, 0.3) is 0 Å². The number of anilines is 1. The van der Waals surface area contributed by atoms with Crippen LogP contribution in [0.15, 0.2) is 24.3 Å². The smallest absolute Gasteiger partial charge is 0.352 e. The number of carbonyl (C=O) groups excluding carboxylic acids is 1. The van der Waals surface area contributed by atoms with Crippen molar-refractivity contribution >= 4 is 12.0 Å². The molecule has 20 heavy (non-hydrogen) atoms. The summed E-state index contributed by atoms with van der Waals surface area (Å²) < 4.78 is 38.5. The lowest BCUT2D eigenvalue weighted by molar-refractivity contribution is -0.122. The second kappa shape index (κ2) is 4.50. The summed E-state index contributed by atoms with van der Waals surface area (Å²) in [6.07, 6.45) is -0.0732. The van der Waals surface area contributed by atoms with Crippen LogP contribution < -0.4 is 4.90 Å². The van der Waals surface area contributed by atoms with Gasteiger partial charge in [-0.3, -0.25) is 0 Å². The van der Waals surface area contributed by atoms with Crippen LogP contribution in [0.2, 0.25) is 0 Å². The third-order valence-electron chi connectivity index (χ3n) is 4.63. The van der Waals surface area contributed by atoms with Crippen molar-refractivity contribution in [2.45, 2.75) is 43.3 Å². The average Bonchev–Trinajstić information content (AvgIpc) is 2.95. The van der Waals surface area contributed by atoms with Crippen molar-refractivity contribution in [2.24, 2.45) is 0 Å². The Morgan fingerprint density at radius 2 is 1.90 bits per heavy atom. The molecule has 108 valence electrons. The zero-order valence-corrected chi connectivity index (χ0v) is 11.0. The van der Waals surface area contributed by atoms with Crippen molar-refractivity contribution in [1.29, 1.82) is 0 Å². The first-order valence-electron chi connectivity index (χ1n) is 6.86. The minimum atomic E-state index is -4.31. The molecule has 0 amide bonds. The average molecular weight is 283 g/mol. The van der Waals surface area contributed by atoms with Gasteiger partial charge in [0.2, 0.25) is 0 Å². The fourth-order valence-corrected chi connectivity index (χ4v) is 3.90. The normalized spacial score (nSPS) is 24.1. The minimum Gasteiger partial charge on any atom is -0.352 e. The van der Waals surface area contributed by atoms with Crippen LogP contribution in [0.4, 0.5) is 18.9 Å². The summed E-state index contributed by atoms with van der Waals surface area (Å²) in [5.74, 6) is 0. The van der Waals surface area contributed by atoms with Gasteiger partial charge in [0.1, 0.15) is 12.8 Å². The van der Waals surface area contributed by atoms with Crippen LogP contribution in [-0.4, -0.2) is 25.0 Å². The van der Waals surface area contributed by atoms with E-state index in [0.29, 0.717) is 12.0 Å². The fourth-order valence-electron chi connectivity index (χ4n) is 3.90. The highest BCUT2D eigenvalue weighted by molar-refractivity contribution is 5.78. The molecule has 0 saturated heterocycles. The first kappa shape index (κ1) is 13.5. The van der Waals surface area contributed by atoms with Gasteiger partial charge < -0.3 is 9.69 Å². The van der Waals surface area contributed by atoms with Gasteiger partial charge in [0.15, 0.2) is 0 Å². The van der Waals surface area contributed by atoms with E-state index in [-0.39, 0.29) is 0 Å². The van der Waals surface area contributed by atoms with E-state index in [0.717, 1.165) is 31.2 Å². The maximum Gasteiger partial charge on any atom is 0.405 e. The number of halogens is 3. The number of nitrogens with zero attached hydrogens (tertiary/aromatic N) is 1. The van der Waals surface area contributed by atoms with Crippen molar-refractivity contribution in [3.05, 3.63) is 29.8 Å². The quantitative estimate of drug-likeness (QED) is 0.775. The Bertz CT molecular complexity index is 520. The number of benzene rings is 1. The molecule has 1 aliphatic carbocycles. The molecular formula is C15H16F3NO. The number of fused-ring (bicyclic) bond motifs is 2. The molecule has 1 aliphatic heterocycles. The third-order valence-corrected chi connectivity index (χ3v) is 4.63. The Morgan fingerprint density at radius 3 is 2.50 bits per heavy atom. The van der Waals surface area contributed by atoms with Gasteiger partial charge in [0.25, 0.3) is 0 Å². The molecule has 1 atom stereocenters. The van der Waals surface area contributed by atoms with Crippen LogP contribution in [-0.2, 0) is 10.2 Å². The first-order valence-corrected chi connectivity index (χ1v) is 6.86. The van der Waals surface area contributed by atoms with Gasteiger partial charge in [-0.2, -0.15) is 13.2 Å². The second-order valence-electron chi connectivity index (χ2n) is 5.70. The molecule has 0 bridgehead atoms. The van der Waals surface area contributed by atoms with E-state index in [1.807, 2.05) is 12.1 Å². The molecule has 1 unspecified atom stereocenters. The molecule has 1 aromatic rings. The SMILES string of the molecule is O=CC1N(CC(F)(F)F)c2ccccc2C12CCCC2. The Hall–Kier alpha value is -1.52. The standard InChI is InChI=1S/C15H16F3NO/c16-15(17,18)10-19-12-6-2-1-5-11(12)14(13(19)9-20)7-3-4-8-14/h1-2,5-6,9,13H,3-4,7-8,10H2. The highest BCUT2D eigenvalue weighted by Crippen LogP contribution is 2.54. The molecule has 0 N–H and O–H groups in total. The summed E-state index contributed by atoms with van der Waals surface area (Å²) in [6, 6.07) is 6.47. The maximum absolute atomic E-state index is 12.8. The number of para-hydroxylation sites is 1. The Balaban J connectivity index is 2.09. The molecule has 2 nitrogen and oxygen atoms in total. The summed E-state index contributed by atoms with van der Waals surface area (Å²) in [4.78, 5) is 12.8. The number of rotatable bonds is 2. The Labute approximate surface area is 115 Å². The van der Waals surface area contributed by atoms with Gasteiger partial charge in [0.05, 0.1) is 6.04 Å². The monoisotopic (exact) mass is 283 g/mol. The van der Waals surface area contributed by atoms with E-state index < -0.39 is 24.2 Å². The molecule has 1 saturated carbocycles. The molecule has 2 aliphatic rings. The minimum absolute atomic E-state index is 0.413. The van der Waals surface area contributed by atoms with Gasteiger partial charge >= 0.3 is 6.18 Å². The van der Waals surface area contributed by atoms with E-state index in [4.69, 9.17) is 0 Å². The molecule has 1 fully saturated rings. The lowest BCUT2D eigenvalue weighted by atomic mass is 9.75. The zero-order chi connectivity index (χ0) is 14.4. The van der Waals surface area contributed by atoms with Crippen LogP contribution in [0.1, 0.15) is 31.2 Å². The number of alkyl halides is 3. The van der Waals surface area contributed by atoms with Gasteiger partial charge in [0, 0.05) is 11.1 Å². The summed E-state index contributed by atoms with van der Waals surface area (Å²) >= 11 is 0. The number of aldehydes is 1. The van der Waals surface area contributed by atoms with Crippen LogP contribution >= 0.6 is 0 Å². The molecule has 1 spiro atoms. The van der Waals surface area contributed by atoms with E-state index in [2.05, 4.69) is 0 Å². The molecule has 1 aromatic carbocycles. The number of hydrogen-bond donors (Lipinski definition) is 0.